The Morgan fingerprint density at radius 2 is 2.00 bits per heavy atom. The average Bonchev–Trinajstić information content (AvgIpc) is 2.26. The number of ether oxygens (including phenoxy) is 2. The summed E-state index contributed by atoms with van der Waals surface area (Å²) in [4.78, 5) is 11.3. The Hall–Kier alpha value is -1.29. The van der Waals surface area contributed by atoms with Gasteiger partial charge in [0, 0.05) is 10.0 Å². The fraction of sp³-hybridized carbons (Fsp3) is 0.182. The number of esters is 1. The molecular formula is C11H11BrO3. The van der Waals surface area contributed by atoms with E-state index in [2.05, 4.69) is 27.2 Å². The first-order chi connectivity index (χ1) is 7.10. The summed E-state index contributed by atoms with van der Waals surface area (Å²) in [6, 6.07) is 5.18. The third-order valence-corrected chi connectivity index (χ3v) is 2.60. The molecule has 0 bridgehead atoms. The van der Waals surface area contributed by atoms with Crippen LogP contribution in [0.5, 0.6) is 0 Å². The Balaban J connectivity index is 3.08. The Bertz CT molecular complexity index is 399. The summed E-state index contributed by atoms with van der Waals surface area (Å²) < 4.78 is 10.3. The predicted octanol–water partition coefficient (Wildman–Crippen LogP) is 2.85. The molecule has 0 heterocycles. The molecule has 1 aromatic rings. The molecule has 80 valence electrons. The number of hydrogen-bond acceptors (Lipinski definition) is 3. The van der Waals surface area contributed by atoms with Crippen LogP contribution in [-0.4, -0.2) is 20.2 Å². The zero-order valence-corrected chi connectivity index (χ0v) is 10.1. The van der Waals surface area contributed by atoms with Gasteiger partial charge in [0.15, 0.2) is 0 Å². The summed E-state index contributed by atoms with van der Waals surface area (Å²) in [5.41, 5.74) is 1.29. The second kappa shape index (κ2) is 4.98. The van der Waals surface area contributed by atoms with Crippen LogP contribution in [0.25, 0.3) is 5.76 Å². The van der Waals surface area contributed by atoms with E-state index in [-0.39, 0.29) is 5.97 Å². The van der Waals surface area contributed by atoms with Crippen molar-refractivity contribution in [2.24, 2.45) is 0 Å². The molecule has 0 saturated carbocycles. The second-order valence-electron chi connectivity index (χ2n) is 2.81. The van der Waals surface area contributed by atoms with Gasteiger partial charge in [-0.05, 0) is 28.1 Å². The third-order valence-electron chi connectivity index (χ3n) is 1.94. The van der Waals surface area contributed by atoms with E-state index in [4.69, 9.17) is 4.74 Å². The lowest BCUT2D eigenvalue weighted by atomic mass is 10.1. The van der Waals surface area contributed by atoms with Gasteiger partial charge in [-0.15, -0.1) is 0 Å². The van der Waals surface area contributed by atoms with Crippen LogP contribution in [0, 0.1) is 0 Å². The van der Waals surface area contributed by atoms with Gasteiger partial charge in [0.05, 0.1) is 19.8 Å². The predicted molar refractivity (Wildman–Crippen MR) is 61.5 cm³/mol. The maximum Gasteiger partial charge on any atom is 0.339 e. The summed E-state index contributed by atoms with van der Waals surface area (Å²) in [5.74, 6) is 0.170. The van der Waals surface area contributed by atoms with Crippen molar-refractivity contribution in [1.82, 2.24) is 0 Å². The van der Waals surface area contributed by atoms with Crippen molar-refractivity contribution in [2.45, 2.75) is 0 Å². The van der Waals surface area contributed by atoms with E-state index in [1.807, 2.05) is 0 Å². The average molecular weight is 271 g/mol. The molecule has 0 amide bonds. The summed E-state index contributed by atoms with van der Waals surface area (Å²) in [6.07, 6.45) is 0. The molecule has 0 fully saturated rings. The van der Waals surface area contributed by atoms with Crippen molar-refractivity contribution in [3.05, 3.63) is 40.4 Å². The highest BCUT2D eigenvalue weighted by molar-refractivity contribution is 9.10. The van der Waals surface area contributed by atoms with Crippen LogP contribution in [0.2, 0.25) is 0 Å². The lowest BCUT2D eigenvalue weighted by Crippen LogP contribution is -2.02. The Kier molecular flexibility index (Phi) is 3.91. The molecule has 0 spiro atoms. The fourth-order valence-electron chi connectivity index (χ4n) is 1.08. The van der Waals surface area contributed by atoms with Gasteiger partial charge < -0.3 is 9.47 Å². The van der Waals surface area contributed by atoms with Crippen LogP contribution < -0.4 is 0 Å². The van der Waals surface area contributed by atoms with Gasteiger partial charge in [0.2, 0.25) is 0 Å². The van der Waals surface area contributed by atoms with Crippen molar-refractivity contribution in [1.29, 1.82) is 0 Å². The monoisotopic (exact) mass is 270 g/mol. The SMILES string of the molecule is C=C(OC)c1ccc(C(=O)OC)c(Br)c1. The molecule has 0 aliphatic rings. The summed E-state index contributed by atoms with van der Waals surface area (Å²) in [6.45, 7) is 3.72. The first-order valence-electron chi connectivity index (χ1n) is 4.21. The number of benzene rings is 1. The molecule has 0 aliphatic heterocycles. The molecule has 0 N–H and O–H groups in total. The molecule has 0 saturated heterocycles. The molecule has 0 atom stereocenters. The largest absolute Gasteiger partial charge is 0.497 e. The van der Waals surface area contributed by atoms with E-state index < -0.39 is 0 Å². The molecule has 3 nitrogen and oxygen atoms in total. The summed E-state index contributed by atoms with van der Waals surface area (Å²) in [5, 5.41) is 0. The van der Waals surface area contributed by atoms with Crippen LogP contribution in [0.4, 0.5) is 0 Å². The molecule has 1 aromatic carbocycles. The fourth-order valence-corrected chi connectivity index (χ4v) is 1.62. The minimum atomic E-state index is -0.378. The highest BCUT2D eigenvalue weighted by atomic mass is 79.9. The number of rotatable bonds is 3. The van der Waals surface area contributed by atoms with Gasteiger partial charge in [0.25, 0.3) is 0 Å². The van der Waals surface area contributed by atoms with Crippen molar-refractivity contribution >= 4 is 27.7 Å². The van der Waals surface area contributed by atoms with Crippen molar-refractivity contribution in [3.8, 4) is 0 Å². The normalized spacial score (nSPS) is 9.53. The Morgan fingerprint density at radius 1 is 1.33 bits per heavy atom. The number of methoxy groups -OCH3 is 2. The van der Waals surface area contributed by atoms with Crippen LogP contribution in [0.1, 0.15) is 15.9 Å². The molecular weight excluding hydrogens is 260 g/mol. The number of halogens is 1. The Labute approximate surface area is 96.8 Å². The van der Waals surface area contributed by atoms with E-state index in [0.29, 0.717) is 15.8 Å². The van der Waals surface area contributed by atoms with E-state index in [9.17, 15) is 4.79 Å². The van der Waals surface area contributed by atoms with E-state index in [1.54, 1.807) is 25.3 Å². The van der Waals surface area contributed by atoms with Crippen LogP contribution >= 0.6 is 15.9 Å². The van der Waals surface area contributed by atoms with Crippen molar-refractivity contribution in [3.63, 3.8) is 0 Å². The highest BCUT2D eigenvalue weighted by Gasteiger charge is 2.11. The van der Waals surface area contributed by atoms with Gasteiger partial charge in [-0.25, -0.2) is 4.79 Å². The van der Waals surface area contributed by atoms with Crippen LogP contribution in [0.15, 0.2) is 29.3 Å². The van der Waals surface area contributed by atoms with Gasteiger partial charge in [-0.1, -0.05) is 12.6 Å². The lowest BCUT2D eigenvalue weighted by Gasteiger charge is -2.07. The van der Waals surface area contributed by atoms with E-state index in [1.165, 1.54) is 7.11 Å². The maximum absolute atomic E-state index is 11.3. The molecule has 0 unspecified atom stereocenters. The maximum atomic E-state index is 11.3. The van der Waals surface area contributed by atoms with Gasteiger partial charge in [0.1, 0.15) is 5.76 Å². The quantitative estimate of drug-likeness (QED) is 0.626. The topological polar surface area (TPSA) is 35.5 Å². The van der Waals surface area contributed by atoms with Crippen LogP contribution in [0.3, 0.4) is 0 Å². The van der Waals surface area contributed by atoms with Gasteiger partial charge in [-0.3, -0.25) is 0 Å². The standard InChI is InChI=1S/C11H11BrO3/c1-7(14-2)8-4-5-9(10(12)6-8)11(13)15-3/h4-6H,1H2,2-3H3. The lowest BCUT2D eigenvalue weighted by molar-refractivity contribution is 0.0599. The first-order valence-corrected chi connectivity index (χ1v) is 5.00. The highest BCUT2D eigenvalue weighted by Crippen LogP contribution is 2.23. The number of hydrogen-bond donors (Lipinski definition) is 0. The molecule has 4 heteroatoms. The molecule has 0 aliphatic carbocycles. The Morgan fingerprint density at radius 3 is 2.47 bits per heavy atom. The number of carbonyl (C=O) groups is 1. The minimum absolute atomic E-state index is 0.378. The van der Waals surface area contributed by atoms with Crippen molar-refractivity contribution < 1.29 is 14.3 Å². The number of carbonyl (C=O) groups excluding carboxylic acids is 1. The molecule has 1 rings (SSSR count). The van der Waals surface area contributed by atoms with Crippen molar-refractivity contribution in [2.75, 3.05) is 14.2 Å². The molecule has 0 aromatic heterocycles. The zero-order valence-electron chi connectivity index (χ0n) is 8.54. The second-order valence-corrected chi connectivity index (χ2v) is 3.67. The summed E-state index contributed by atoms with van der Waals surface area (Å²) >= 11 is 3.29. The molecule has 0 radical (unpaired) electrons. The zero-order chi connectivity index (χ0) is 11.4. The third kappa shape index (κ3) is 2.59. The van der Waals surface area contributed by atoms with Gasteiger partial charge in [-0.2, -0.15) is 0 Å². The smallest absolute Gasteiger partial charge is 0.339 e. The summed E-state index contributed by atoms with van der Waals surface area (Å²) in [7, 11) is 2.89. The van der Waals surface area contributed by atoms with E-state index >= 15 is 0 Å². The van der Waals surface area contributed by atoms with Gasteiger partial charge >= 0.3 is 5.97 Å². The minimum Gasteiger partial charge on any atom is -0.497 e. The van der Waals surface area contributed by atoms with Crippen LogP contribution in [-0.2, 0) is 9.47 Å². The first kappa shape index (κ1) is 11.8. The van der Waals surface area contributed by atoms with E-state index in [0.717, 1.165) is 5.56 Å². The molecule has 15 heavy (non-hydrogen) atoms.